The second-order valence-electron chi connectivity index (χ2n) is 5.33. The van der Waals surface area contributed by atoms with Crippen molar-refractivity contribution in [2.45, 2.75) is 26.1 Å². The number of nitrogens with one attached hydrogen (secondary N) is 2. The monoisotopic (exact) mass is 348 g/mol. The normalized spacial score (nSPS) is 12.8. The van der Waals surface area contributed by atoms with Crippen molar-refractivity contribution in [2.24, 2.45) is 0 Å². The molecule has 0 saturated heterocycles. The molecule has 0 radical (unpaired) electrons. The Bertz CT molecular complexity index is 659. The maximum atomic E-state index is 12.1. The Balaban J connectivity index is 1.83. The predicted molar refractivity (Wildman–Crippen MR) is 94.6 cm³/mol. The second kappa shape index (κ2) is 8.45. The van der Waals surface area contributed by atoms with Crippen molar-refractivity contribution in [3.8, 4) is 11.5 Å². The Hall–Kier alpha value is -2.40. The van der Waals surface area contributed by atoms with Crippen LogP contribution in [0.2, 0.25) is 5.02 Å². The van der Waals surface area contributed by atoms with Crippen LogP contribution in [0.5, 0.6) is 11.5 Å². The van der Waals surface area contributed by atoms with Gasteiger partial charge in [-0.3, -0.25) is 0 Å². The molecule has 2 aromatic rings. The van der Waals surface area contributed by atoms with E-state index in [4.69, 9.17) is 21.1 Å². The summed E-state index contributed by atoms with van der Waals surface area (Å²) in [6, 6.07) is 14.1. The molecule has 0 aromatic heterocycles. The Morgan fingerprint density at radius 2 is 1.54 bits per heavy atom. The molecule has 6 heteroatoms. The van der Waals surface area contributed by atoms with E-state index in [-0.39, 0.29) is 12.1 Å². The lowest BCUT2D eigenvalue weighted by atomic mass is 10.1. The highest BCUT2D eigenvalue weighted by molar-refractivity contribution is 6.30. The van der Waals surface area contributed by atoms with Crippen LogP contribution in [0.1, 0.15) is 25.5 Å². The molecule has 0 fully saturated rings. The first-order chi connectivity index (χ1) is 11.5. The standard InChI is InChI=1S/C18H21ClN2O3/c1-12(14-4-8-16(23-3)9-5-14)20-18(22)21-13(2)24-17-10-6-15(19)7-11-17/h4-13H,1-3H3,(H2,20,21,22). The van der Waals surface area contributed by atoms with Gasteiger partial charge in [0.05, 0.1) is 13.2 Å². The van der Waals surface area contributed by atoms with Crippen LogP contribution in [-0.2, 0) is 0 Å². The number of halogens is 1. The number of urea groups is 1. The van der Waals surface area contributed by atoms with Gasteiger partial charge >= 0.3 is 6.03 Å². The summed E-state index contributed by atoms with van der Waals surface area (Å²) in [7, 11) is 1.62. The lowest BCUT2D eigenvalue weighted by Crippen LogP contribution is -2.44. The minimum Gasteiger partial charge on any atom is -0.497 e. The Labute approximate surface area is 146 Å². The van der Waals surface area contributed by atoms with Gasteiger partial charge in [-0.25, -0.2) is 4.79 Å². The highest BCUT2D eigenvalue weighted by Crippen LogP contribution is 2.18. The van der Waals surface area contributed by atoms with E-state index in [9.17, 15) is 4.79 Å². The third-order valence-corrected chi connectivity index (χ3v) is 3.68. The molecule has 5 nitrogen and oxygen atoms in total. The fourth-order valence-electron chi connectivity index (χ4n) is 2.15. The van der Waals surface area contributed by atoms with Crippen LogP contribution in [0.3, 0.4) is 0 Å². The lowest BCUT2D eigenvalue weighted by Gasteiger charge is -2.19. The molecule has 0 bridgehead atoms. The summed E-state index contributed by atoms with van der Waals surface area (Å²) in [6.07, 6.45) is -0.478. The molecular formula is C18H21ClN2O3. The Morgan fingerprint density at radius 1 is 0.958 bits per heavy atom. The highest BCUT2D eigenvalue weighted by Gasteiger charge is 2.12. The minimum atomic E-state index is -0.478. The number of carbonyl (C=O) groups is 1. The molecule has 128 valence electrons. The van der Waals surface area contributed by atoms with Gasteiger partial charge in [-0.05, 0) is 55.8 Å². The van der Waals surface area contributed by atoms with Crippen molar-refractivity contribution in [3.05, 3.63) is 59.1 Å². The molecule has 0 heterocycles. The summed E-state index contributed by atoms with van der Waals surface area (Å²) in [4.78, 5) is 12.1. The molecule has 2 atom stereocenters. The van der Waals surface area contributed by atoms with E-state index in [1.807, 2.05) is 31.2 Å². The zero-order chi connectivity index (χ0) is 17.5. The van der Waals surface area contributed by atoms with Gasteiger partial charge in [0, 0.05) is 5.02 Å². The highest BCUT2D eigenvalue weighted by atomic mass is 35.5. The first-order valence-corrected chi connectivity index (χ1v) is 7.99. The molecule has 2 amide bonds. The lowest BCUT2D eigenvalue weighted by molar-refractivity contribution is 0.175. The van der Waals surface area contributed by atoms with Crippen LogP contribution < -0.4 is 20.1 Å². The number of benzene rings is 2. The van der Waals surface area contributed by atoms with Crippen LogP contribution in [0.4, 0.5) is 4.79 Å². The zero-order valence-electron chi connectivity index (χ0n) is 13.9. The first kappa shape index (κ1) is 17.9. The quantitative estimate of drug-likeness (QED) is 0.771. The maximum Gasteiger partial charge on any atom is 0.318 e. The Morgan fingerprint density at radius 3 is 2.12 bits per heavy atom. The molecular weight excluding hydrogens is 328 g/mol. The molecule has 0 spiro atoms. The molecule has 2 N–H and O–H groups in total. The zero-order valence-corrected chi connectivity index (χ0v) is 14.6. The molecule has 2 aromatic carbocycles. The van der Waals surface area contributed by atoms with E-state index in [2.05, 4.69) is 10.6 Å². The van der Waals surface area contributed by atoms with Gasteiger partial charge in [0.1, 0.15) is 11.5 Å². The van der Waals surface area contributed by atoms with E-state index in [0.717, 1.165) is 11.3 Å². The largest absolute Gasteiger partial charge is 0.497 e. The summed E-state index contributed by atoms with van der Waals surface area (Å²) in [5.41, 5.74) is 0.984. The van der Waals surface area contributed by atoms with Crippen molar-refractivity contribution < 1.29 is 14.3 Å². The van der Waals surface area contributed by atoms with Gasteiger partial charge in [-0.15, -0.1) is 0 Å². The van der Waals surface area contributed by atoms with Crippen LogP contribution in [0, 0.1) is 0 Å². The van der Waals surface area contributed by atoms with E-state index < -0.39 is 6.23 Å². The number of carbonyl (C=O) groups excluding carboxylic acids is 1. The second-order valence-corrected chi connectivity index (χ2v) is 5.76. The molecule has 0 saturated carbocycles. The van der Waals surface area contributed by atoms with Crippen molar-refractivity contribution in [3.63, 3.8) is 0 Å². The third kappa shape index (κ3) is 5.35. The van der Waals surface area contributed by atoms with E-state index in [0.29, 0.717) is 10.8 Å². The van der Waals surface area contributed by atoms with Gasteiger partial charge < -0.3 is 20.1 Å². The van der Waals surface area contributed by atoms with E-state index >= 15 is 0 Å². The smallest absolute Gasteiger partial charge is 0.318 e. The number of ether oxygens (including phenoxy) is 2. The number of methoxy groups -OCH3 is 1. The SMILES string of the molecule is COc1ccc(C(C)NC(=O)NC(C)Oc2ccc(Cl)cc2)cc1. The fourth-order valence-corrected chi connectivity index (χ4v) is 2.27. The molecule has 2 unspecified atom stereocenters. The van der Waals surface area contributed by atoms with Gasteiger partial charge in [0.2, 0.25) is 0 Å². The number of rotatable bonds is 6. The third-order valence-electron chi connectivity index (χ3n) is 3.42. The number of hydrogen-bond donors (Lipinski definition) is 2. The van der Waals surface area contributed by atoms with Gasteiger partial charge in [-0.1, -0.05) is 23.7 Å². The first-order valence-electron chi connectivity index (χ1n) is 7.61. The van der Waals surface area contributed by atoms with Gasteiger partial charge in [0.25, 0.3) is 0 Å². The molecule has 24 heavy (non-hydrogen) atoms. The summed E-state index contributed by atoms with van der Waals surface area (Å²) < 4.78 is 10.7. The number of hydrogen-bond acceptors (Lipinski definition) is 3. The minimum absolute atomic E-state index is 0.140. The predicted octanol–water partition coefficient (Wildman–Crippen LogP) is 4.13. The van der Waals surface area contributed by atoms with Crippen LogP contribution >= 0.6 is 11.6 Å². The van der Waals surface area contributed by atoms with E-state index in [1.165, 1.54) is 0 Å². The van der Waals surface area contributed by atoms with Crippen LogP contribution in [0.15, 0.2) is 48.5 Å². The van der Waals surface area contributed by atoms with Crippen molar-refractivity contribution in [1.29, 1.82) is 0 Å². The number of amides is 2. The van der Waals surface area contributed by atoms with Crippen molar-refractivity contribution >= 4 is 17.6 Å². The van der Waals surface area contributed by atoms with Gasteiger partial charge in [0.15, 0.2) is 6.23 Å². The summed E-state index contributed by atoms with van der Waals surface area (Å²) >= 11 is 5.82. The molecule has 0 aliphatic heterocycles. The van der Waals surface area contributed by atoms with Crippen molar-refractivity contribution in [2.75, 3.05) is 7.11 Å². The summed E-state index contributed by atoms with van der Waals surface area (Å²) in [6.45, 7) is 3.67. The fraction of sp³-hybridized carbons (Fsp3) is 0.278. The molecule has 0 aliphatic rings. The molecule has 2 rings (SSSR count). The summed E-state index contributed by atoms with van der Waals surface area (Å²) in [5.74, 6) is 1.41. The van der Waals surface area contributed by atoms with Gasteiger partial charge in [-0.2, -0.15) is 0 Å². The summed E-state index contributed by atoms with van der Waals surface area (Å²) in [5, 5.41) is 6.24. The topological polar surface area (TPSA) is 59.6 Å². The van der Waals surface area contributed by atoms with Crippen molar-refractivity contribution in [1.82, 2.24) is 10.6 Å². The average Bonchev–Trinajstić information content (AvgIpc) is 2.56. The average molecular weight is 349 g/mol. The molecule has 0 aliphatic carbocycles. The Kier molecular flexibility index (Phi) is 6.32. The van der Waals surface area contributed by atoms with E-state index in [1.54, 1.807) is 38.3 Å². The maximum absolute atomic E-state index is 12.1. The van der Waals surface area contributed by atoms with Crippen LogP contribution in [-0.4, -0.2) is 19.4 Å². The van der Waals surface area contributed by atoms with Crippen LogP contribution in [0.25, 0.3) is 0 Å².